The molecule has 1 aromatic heterocycles. The number of hydrogen-bond acceptors (Lipinski definition) is 2. The smallest absolute Gasteiger partial charge is 0.0751 e. The quantitative estimate of drug-likeness (QED) is 0.762. The molecule has 0 spiro atoms. The lowest BCUT2D eigenvalue weighted by Crippen LogP contribution is -2.05. The van der Waals surface area contributed by atoms with Gasteiger partial charge in [0.05, 0.1) is 5.52 Å². The zero-order valence-electron chi connectivity index (χ0n) is 11.6. The molecular weight excluding hydrogens is 244 g/mol. The molecular formula is C18H18N2. The summed E-state index contributed by atoms with van der Waals surface area (Å²) in [5, 5.41) is 4.72. The number of nitrogens with zero attached hydrogens (tertiary/aromatic N) is 1. The van der Waals surface area contributed by atoms with Crippen LogP contribution in [0.25, 0.3) is 10.9 Å². The summed E-state index contributed by atoms with van der Waals surface area (Å²) in [5.74, 6) is 0. The van der Waals surface area contributed by atoms with Crippen LogP contribution in [0.1, 0.15) is 11.1 Å². The Morgan fingerprint density at radius 3 is 2.65 bits per heavy atom. The van der Waals surface area contributed by atoms with Crippen molar-refractivity contribution in [2.75, 3.05) is 11.9 Å². The summed E-state index contributed by atoms with van der Waals surface area (Å²) in [6, 6.07) is 18.9. The Bertz CT molecular complexity index is 705. The Hall–Kier alpha value is -2.35. The van der Waals surface area contributed by atoms with E-state index < -0.39 is 0 Å². The van der Waals surface area contributed by atoms with Crippen molar-refractivity contribution in [1.82, 2.24) is 4.98 Å². The third-order valence-electron chi connectivity index (χ3n) is 3.54. The van der Waals surface area contributed by atoms with Gasteiger partial charge in [0.2, 0.25) is 0 Å². The van der Waals surface area contributed by atoms with Gasteiger partial charge in [-0.2, -0.15) is 0 Å². The summed E-state index contributed by atoms with van der Waals surface area (Å²) in [6.45, 7) is 3.03. The number of rotatable bonds is 4. The molecule has 0 aliphatic heterocycles. The molecule has 0 radical (unpaired) electrons. The maximum Gasteiger partial charge on any atom is 0.0751 e. The van der Waals surface area contributed by atoms with E-state index in [-0.39, 0.29) is 0 Å². The lowest BCUT2D eigenvalue weighted by molar-refractivity contribution is 1.02. The second-order valence-electron chi connectivity index (χ2n) is 4.99. The number of aryl methyl sites for hydroxylation is 1. The van der Waals surface area contributed by atoms with E-state index in [0.717, 1.165) is 24.2 Å². The zero-order valence-corrected chi connectivity index (χ0v) is 11.6. The van der Waals surface area contributed by atoms with Crippen molar-refractivity contribution >= 4 is 16.6 Å². The number of benzene rings is 2. The van der Waals surface area contributed by atoms with Crippen molar-refractivity contribution < 1.29 is 0 Å². The van der Waals surface area contributed by atoms with Gasteiger partial charge in [-0.25, -0.2) is 0 Å². The van der Waals surface area contributed by atoms with Crippen molar-refractivity contribution in [2.24, 2.45) is 0 Å². The van der Waals surface area contributed by atoms with E-state index >= 15 is 0 Å². The van der Waals surface area contributed by atoms with Crippen LogP contribution in [0, 0.1) is 6.92 Å². The van der Waals surface area contributed by atoms with Gasteiger partial charge in [-0.1, -0.05) is 36.4 Å². The minimum Gasteiger partial charge on any atom is -0.384 e. The van der Waals surface area contributed by atoms with Crippen LogP contribution in [0.4, 0.5) is 5.69 Å². The molecule has 1 heterocycles. The first-order valence-electron chi connectivity index (χ1n) is 6.97. The summed E-state index contributed by atoms with van der Waals surface area (Å²) in [4.78, 5) is 4.47. The maximum absolute atomic E-state index is 4.47. The molecule has 20 heavy (non-hydrogen) atoms. The van der Waals surface area contributed by atoms with E-state index in [1.54, 1.807) is 0 Å². The van der Waals surface area contributed by atoms with Gasteiger partial charge < -0.3 is 5.32 Å². The highest BCUT2D eigenvalue weighted by molar-refractivity contribution is 5.93. The molecule has 100 valence electrons. The molecule has 3 aromatic rings. The monoisotopic (exact) mass is 262 g/mol. The van der Waals surface area contributed by atoms with E-state index in [1.807, 2.05) is 12.3 Å². The molecule has 0 amide bonds. The fourth-order valence-corrected chi connectivity index (χ4v) is 2.45. The summed E-state index contributed by atoms with van der Waals surface area (Å²) >= 11 is 0. The topological polar surface area (TPSA) is 24.9 Å². The molecule has 0 aliphatic rings. The van der Waals surface area contributed by atoms with Gasteiger partial charge in [0.15, 0.2) is 0 Å². The Kier molecular flexibility index (Phi) is 3.64. The van der Waals surface area contributed by atoms with Crippen LogP contribution < -0.4 is 5.32 Å². The van der Waals surface area contributed by atoms with Gasteiger partial charge in [-0.3, -0.25) is 4.98 Å². The Morgan fingerprint density at radius 2 is 1.80 bits per heavy atom. The lowest BCUT2D eigenvalue weighted by atomic mass is 10.1. The Morgan fingerprint density at radius 1 is 0.950 bits per heavy atom. The number of nitrogens with one attached hydrogen (secondary N) is 1. The number of hydrogen-bond donors (Lipinski definition) is 1. The molecule has 2 heteroatoms. The van der Waals surface area contributed by atoms with E-state index in [1.165, 1.54) is 16.5 Å². The van der Waals surface area contributed by atoms with Gasteiger partial charge in [-0.05, 0) is 42.7 Å². The minimum absolute atomic E-state index is 0.928. The molecule has 0 aliphatic carbocycles. The molecule has 3 rings (SSSR count). The number of aromatic nitrogens is 1. The van der Waals surface area contributed by atoms with Crippen molar-refractivity contribution in [2.45, 2.75) is 13.3 Å². The van der Waals surface area contributed by atoms with Gasteiger partial charge in [0, 0.05) is 23.8 Å². The summed E-state index contributed by atoms with van der Waals surface area (Å²) in [7, 11) is 0. The van der Waals surface area contributed by atoms with Crippen LogP contribution in [-0.2, 0) is 6.42 Å². The van der Waals surface area contributed by atoms with Crippen molar-refractivity contribution in [1.29, 1.82) is 0 Å². The summed E-state index contributed by atoms with van der Waals surface area (Å²) in [5.41, 5.74) is 4.82. The van der Waals surface area contributed by atoms with E-state index in [4.69, 9.17) is 0 Å². The zero-order chi connectivity index (χ0) is 13.8. The third-order valence-corrected chi connectivity index (χ3v) is 3.54. The average molecular weight is 262 g/mol. The largest absolute Gasteiger partial charge is 0.384 e. The fraction of sp³-hybridized carbons (Fsp3) is 0.167. The van der Waals surface area contributed by atoms with E-state index in [2.05, 4.69) is 65.8 Å². The molecule has 0 atom stereocenters. The van der Waals surface area contributed by atoms with Crippen LogP contribution in [0.15, 0.2) is 60.8 Å². The maximum atomic E-state index is 4.47. The van der Waals surface area contributed by atoms with Crippen molar-refractivity contribution in [3.63, 3.8) is 0 Å². The first kappa shape index (κ1) is 12.7. The molecule has 2 nitrogen and oxygen atoms in total. The highest BCUT2D eigenvalue weighted by Crippen LogP contribution is 2.24. The van der Waals surface area contributed by atoms with Gasteiger partial charge in [-0.15, -0.1) is 0 Å². The standard InChI is InChI=1S/C18H18N2/c1-14-9-10-17(16-8-5-12-20-18(14)16)19-13-11-15-6-3-2-4-7-15/h2-10,12,19H,11,13H2,1H3. The van der Waals surface area contributed by atoms with Crippen LogP contribution in [0.2, 0.25) is 0 Å². The molecule has 0 bridgehead atoms. The van der Waals surface area contributed by atoms with Gasteiger partial charge >= 0.3 is 0 Å². The number of pyridine rings is 1. The van der Waals surface area contributed by atoms with Crippen LogP contribution in [-0.4, -0.2) is 11.5 Å². The summed E-state index contributed by atoms with van der Waals surface area (Å²) in [6.07, 6.45) is 2.87. The van der Waals surface area contributed by atoms with Crippen LogP contribution >= 0.6 is 0 Å². The normalized spacial score (nSPS) is 10.7. The molecule has 0 saturated carbocycles. The number of anilines is 1. The molecule has 0 saturated heterocycles. The summed E-state index contributed by atoms with van der Waals surface area (Å²) < 4.78 is 0. The SMILES string of the molecule is Cc1ccc(NCCc2ccccc2)c2cccnc12. The highest BCUT2D eigenvalue weighted by Gasteiger charge is 2.03. The molecule has 1 N–H and O–H groups in total. The van der Waals surface area contributed by atoms with Crippen molar-refractivity contribution in [3.8, 4) is 0 Å². The third kappa shape index (κ3) is 2.64. The predicted octanol–water partition coefficient (Wildman–Crippen LogP) is 4.20. The van der Waals surface area contributed by atoms with Crippen LogP contribution in [0.3, 0.4) is 0 Å². The van der Waals surface area contributed by atoms with Crippen LogP contribution in [0.5, 0.6) is 0 Å². The average Bonchev–Trinajstić information content (AvgIpc) is 2.51. The second-order valence-corrected chi connectivity index (χ2v) is 4.99. The number of fused-ring (bicyclic) bond motifs is 1. The van der Waals surface area contributed by atoms with Crippen molar-refractivity contribution in [3.05, 3.63) is 71.9 Å². The molecule has 0 unspecified atom stereocenters. The first-order chi connectivity index (χ1) is 9.84. The van der Waals surface area contributed by atoms with Gasteiger partial charge in [0.1, 0.15) is 0 Å². The molecule has 0 fully saturated rings. The Balaban J connectivity index is 1.77. The fourth-order valence-electron chi connectivity index (χ4n) is 2.45. The first-order valence-corrected chi connectivity index (χ1v) is 6.97. The Labute approximate surface area is 119 Å². The lowest BCUT2D eigenvalue weighted by Gasteiger charge is -2.11. The second kappa shape index (κ2) is 5.74. The van der Waals surface area contributed by atoms with Gasteiger partial charge in [0.25, 0.3) is 0 Å². The minimum atomic E-state index is 0.928. The predicted molar refractivity (Wildman–Crippen MR) is 85.1 cm³/mol. The molecule has 2 aromatic carbocycles. The highest BCUT2D eigenvalue weighted by atomic mass is 14.9. The van der Waals surface area contributed by atoms with E-state index in [9.17, 15) is 0 Å². The van der Waals surface area contributed by atoms with E-state index in [0.29, 0.717) is 0 Å².